The quantitative estimate of drug-likeness (QED) is 0.0736. The van der Waals surface area contributed by atoms with Gasteiger partial charge in [0.25, 0.3) is 0 Å². The largest absolute Gasteiger partial charge is 0.0654 e. The Kier molecular flexibility index (Phi) is 16.9. The van der Waals surface area contributed by atoms with Crippen LogP contribution in [0.25, 0.3) is 21.5 Å². The van der Waals surface area contributed by atoms with Crippen LogP contribution in [0.4, 0.5) is 0 Å². The molecule has 0 bridgehead atoms. The van der Waals surface area contributed by atoms with E-state index in [0.29, 0.717) is 0 Å². The van der Waals surface area contributed by atoms with Gasteiger partial charge < -0.3 is 0 Å². The highest BCUT2D eigenvalue weighted by Crippen LogP contribution is 2.40. The zero-order valence-electron chi connectivity index (χ0n) is 25.8. The van der Waals surface area contributed by atoms with Crippen LogP contribution >= 0.6 is 31.9 Å². The van der Waals surface area contributed by atoms with Crippen LogP contribution in [0.2, 0.25) is 0 Å². The lowest BCUT2D eigenvalue weighted by Gasteiger charge is -2.13. The number of unbranched alkanes of at least 4 members (excludes halogenated alkanes) is 18. The summed E-state index contributed by atoms with van der Waals surface area (Å²) in [6, 6.07) is 14.2. The summed E-state index contributed by atoms with van der Waals surface area (Å²) in [5.41, 5.74) is 2.94. The van der Waals surface area contributed by atoms with E-state index in [4.69, 9.17) is 0 Å². The zero-order valence-corrected chi connectivity index (χ0v) is 28.9. The van der Waals surface area contributed by atoms with E-state index in [1.165, 1.54) is 183 Å². The molecule has 0 radical (unpaired) electrons. The van der Waals surface area contributed by atoms with Crippen LogP contribution in [0.15, 0.2) is 45.3 Å². The maximum Gasteiger partial charge on any atom is 0.0333 e. The van der Waals surface area contributed by atoms with Gasteiger partial charge in [0, 0.05) is 8.95 Å². The van der Waals surface area contributed by atoms with Crippen molar-refractivity contribution in [1.82, 2.24) is 0 Å². The van der Waals surface area contributed by atoms with Gasteiger partial charge in [0.05, 0.1) is 0 Å². The predicted molar refractivity (Wildman–Crippen MR) is 188 cm³/mol. The molecule has 0 N–H and O–H groups in total. The molecule has 3 aromatic carbocycles. The minimum atomic E-state index is 1.19. The molecule has 2 heteroatoms. The number of benzene rings is 3. The molecule has 40 heavy (non-hydrogen) atoms. The molecule has 0 aliphatic rings. The van der Waals surface area contributed by atoms with E-state index in [2.05, 4.69) is 82.1 Å². The standard InChI is InChI=1S/C38H56Br2/c1-3-5-7-9-11-13-15-17-19-21-23-31-25-27-33-35(29-31)37(39)34-28-26-32(30-36(34)38(33)40)24-22-20-18-16-14-12-10-8-6-4-2/h25-30H,3-24H2,1-2H3. The summed E-state index contributed by atoms with van der Waals surface area (Å²) in [5.74, 6) is 0. The van der Waals surface area contributed by atoms with Crippen molar-refractivity contribution in [2.75, 3.05) is 0 Å². The first-order valence-electron chi connectivity index (χ1n) is 17.0. The summed E-state index contributed by atoms with van der Waals surface area (Å²) in [5, 5.41) is 5.32. The summed E-state index contributed by atoms with van der Waals surface area (Å²) in [6.07, 6.45) is 30.3. The third kappa shape index (κ3) is 11.4. The Morgan fingerprint density at radius 1 is 0.375 bits per heavy atom. The second-order valence-electron chi connectivity index (χ2n) is 12.3. The first kappa shape index (κ1) is 33.6. The molecule has 0 amide bonds. The maximum absolute atomic E-state index is 3.99. The van der Waals surface area contributed by atoms with Crippen LogP contribution in [-0.4, -0.2) is 0 Å². The molecule has 0 saturated carbocycles. The molecule has 0 unspecified atom stereocenters. The van der Waals surface area contributed by atoms with E-state index in [-0.39, 0.29) is 0 Å². The van der Waals surface area contributed by atoms with Crippen molar-refractivity contribution in [2.45, 2.75) is 155 Å². The van der Waals surface area contributed by atoms with E-state index >= 15 is 0 Å². The summed E-state index contributed by atoms with van der Waals surface area (Å²) < 4.78 is 2.49. The fraction of sp³-hybridized carbons (Fsp3) is 0.632. The smallest absolute Gasteiger partial charge is 0.0333 e. The summed E-state index contributed by atoms with van der Waals surface area (Å²) in [6.45, 7) is 4.59. The van der Waals surface area contributed by atoms with Crippen LogP contribution in [0.5, 0.6) is 0 Å². The fourth-order valence-corrected chi connectivity index (χ4v) is 7.51. The number of hydrogen-bond donors (Lipinski definition) is 0. The second-order valence-corrected chi connectivity index (χ2v) is 13.8. The van der Waals surface area contributed by atoms with Crippen LogP contribution in [0.3, 0.4) is 0 Å². The molecule has 0 spiro atoms. The Bertz CT molecular complexity index is 1030. The van der Waals surface area contributed by atoms with Crippen molar-refractivity contribution in [2.24, 2.45) is 0 Å². The number of aryl methyl sites for hydroxylation is 2. The van der Waals surface area contributed by atoms with Gasteiger partial charge in [-0.1, -0.05) is 154 Å². The lowest BCUT2D eigenvalue weighted by Crippen LogP contribution is -1.91. The Morgan fingerprint density at radius 3 is 1.00 bits per heavy atom. The first-order chi connectivity index (χ1) is 19.7. The van der Waals surface area contributed by atoms with Gasteiger partial charge in [-0.15, -0.1) is 0 Å². The highest BCUT2D eigenvalue weighted by atomic mass is 79.9. The minimum absolute atomic E-state index is 1.19. The van der Waals surface area contributed by atoms with Crippen LogP contribution in [0, 0.1) is 0 Å². The highest BCUT2D eigenvalue weighted by Gasteiger charge is 2.12. The van der Waals surface area contributed by atoms with Crippen molar-refractivity contribution >= 4 is 53.4 Å². The number of halogens is 2. The zero-order chi connectivity index (χ0) is 28.4. The SMILES string of the molecule is CCCCCCCCCCCCc1ccc2c(Br)c3cc(CCCCCCCCCCCC)ccc3c(Br)c2c1. The Labute approximate surface area is 263 Å². The summed E-state index contributed by atoms with van der Waals surface area (Å²) in [7, 11) is 0. The van der Waals surface area contributed by atoms with Gasteiger partial charge in [0.15, 0.2) is 0 Å². The summed E-state index contributed by atoms with van der Waals surface area (Å²) >= 11 is 7.99. The third-order valence-electron chi connectivity index (χ3n) is 8.75. The maximum atomic E-state index is 3.99. The van der Waals surface area contributed by atoms with E-state index in [1.54, 1.807) is 0 Å². The number of fused-ring (bicyclic) bond motifs is 2. The highest BCUT2D eigenvalue weighted by molar-refractivity contribution is 9.11. The van der Waals surface area contributed by atoms with Gasteiger partial charge in [-0.25, -0.2) is 0 Å². The van der Waals surface area contributed by atoms with Gasteiger partial charge in [0.2, 0.25) is 0 Å². The van der Waals surface area contributed by atoms with Gasteiger partial charge in [0.1, 0.15) is 0 Å². The molecule has 0 aliphatic carbocycles. The van der Waals surface area contributed by atoms with E-state index in [9.17, 15) is 0 Å². The van der Waals surface area contributed by atoms with Crippen molar-refractivity contribution in [3.63, 3.8) is 0 Å². The van der Waals surface area contributed by atoms with Crippen LogP contribution in [-0.2, 0) is 12.8 Å². The van der Waals surface area contributed by atoms with E-state index in [1.807, 2.05) is 0 Å². The summed E-state index contributed by atoms with van der Waals surface area (Å²) in [4.78, 5) is 0. The number of hydrogen-bond acceptors (Lipinski definition) is 0. The molecule has 0 heterocycles. The third-order valence-corrected chi connectivity index (χ3v) is 10.5. The Balaban J connectivity index is 1.46. The molecule has 0 atom stereocenters. The average molecular weight is 673 g/mol. The van der Waals surface area contributed by atoms with Crippen LogP contribution in [0.1, 0.15) is 153 Å². The number of rotatable bonds is 22. The van der Waals surface area contributed by atoms with E-state index < -0.39 is 0 Å². The van der Waals surface area contributed by atoms with Crippen molar-refractivity contribution in [1.29, 1.82) is 0 Å². The first-order valence-corrected chi connectivity index (χ1v) is 18.6. The minimum Gasteiger partial charge on any atom is -0.0654 e. The lowest BCUT2D eigenvalue weighted by atomic mass is 9.97. The molecule has 0 fully saturated rings. The molecule has 0 aromatic heterocycles. The second kappa shape index (κ2) is 20.1. The van der Waals surface area contributed by atoms with Gasteiger partial charge in [-0.05, 0) is 102 Å². The molecular weight excluding hydrogens is 616 g/mol. The average Bonchev–Trinajstić information content (AvgIpc) is 2.97. The van der Waals surface area contributed by atoms with Gasteiger partial charge in [-0.3, -0.25) is 0 Å². The Hall–Kier alpha value is -0.860. The van der Waals surface area contributed by atoms with Crippen molar-refractivity contribution in [3.05, 3.63) is 56.5 Å². The van der Waals surface area contributed by atoms with Gasteiger partial charge in [-0.2, -0.15) is 0 Å². The van der Waals surface area contributed by atoms with Crippen molar-refractivity contribution in [3.8, 4) is 0 Å². The molecule has 222 valence electrons. The predicted octanol–water partition coefficient (Wildman–Crippen LogP) is 14.4. The lowest BCUT2D eigenvalue weighted by molar-refractivity contribution is 0.556. The molecule has 0 saturated heterocycles. The topological polar surface area (TPSA) is 0 Å². The molecule has 3 rings (SSSR count). The van der Waals surface area contributed by atoms with Crippen molar-refractivity contribution < 1.29 is 0 Å². The monoisotopic (exact) mass is 670 g/mol. The Morgan fingerprint density at radius 2 is 0.675 bits per heavy atom. The molecule has 0 aliphatic heterocycles. The molecule has 3 aromatic rings. The van der Waals surface area contributed by atoms with Gasteiger partial charge >= 0.3 is 0 Å². The van der Waals surface area contributed by atoms with E-state index in [0.717, 1.165) is 0 Å². The normalized spacial score (nSPS) is 11.7. The van der Waals surface area contributed by atoms with Crippen LogP contribution < -0.4 is 0 Å². The molecular formula is C38H56Br2. The molecule has 0 nitrogen and oxygen atoms in total. The fourth-order valence-electron chi connectivity index (χ4n) is 6.16.